The maximum atomic E-state index is 12.6. The summed E-state index contributed by atoms with van der Waals surface area (Å²) in [5.74, 6) is 0.00199. The molecular weight excluding hydrogens is 464 g/mol. The Kier molecular flexibility index (Phi) is 6.01. The topological polar surface area (TPSA) is 122 Å². The molecule has 0 bridgehead atoms. The summed E-state index contributed by atoms with van der Waals surface area (Å²) < 4.78 is 10.8. The molecule has 0 aliphatic carbocycles. The van der Waals surface area contributed by atoms with Crippen LogP contribution in [-0.4, -0.2) is 46.8 Å². The van der Waals surface area contributed by atoms with Gasteiger partial charge in [-0.15, -0.1) is 0 Å². The minimum atomic E-state index is -0.339. The van der Waals surface area contributed by atoms with Gasteiger partial charge in [-0.3, -0.25) is 24.1 Å². The minimum Gasteiger partial charge on any atom is -0.482 e. The van der Waals surface area contributed by atoms with Gasteiger partial charge in [-0.2, -0.15) is 0 Å². The highest BCUT2D eigenvalue weighted by Gasteiger charge is 2.34. The number of hydrogen-bond acceptors (Lipinski definition) is 7. The average molecular weight is 489 g/mol. The summed E-state index contributed by atoms with van der Waals surface area (Å²) in [6, 6.07) is 11.8. The molecule has 0 atom stereocenters. The second-order valence-electron chi connectivity index (χ2n) is 8.71. The van der Waals surface area contributed by atoms with Gasteiger partial charge in [-0.25, -0.2) is 0 Å². The smallest absolute Gasteiger partial charge is 0.265 e. The first kappa shape index (κ1) is 23.3. The summed E-state index contributed by atoms with van der Waals surface area (Å²) in [4.78, 5) is 52.9. The molecule has 0 radical (unpaired) electrons. The molecule has 2 aliphatic rings. The molecule has 10 nitrogen and oxygen atoms in total. The third-order valence-electron chi connectivity index (χ3n) is 6.35. The number of hydrogen-bond donors (Lipinski definition) is 1. The number of rotatable bonds is 7. The quantitative estimate of drug-likeness (QED) is 0.507. The van der Waals surface area contributed by atoms with Crippen LogP contribution in [-0.2, 0) is 16.1 Å². The van der Waals surface area contributed by atoms with E-state index in [1.54, 1.807) is 54.3 Å². The maximum absolute atomic E-state index is 12.6. The van der Waals surface area contributed by atoms with Crippen LogP contribution in [0.1, 0.15) is 50.6 Å². The van der Waals surface area contributed by atoms with Crippen LogP contribution in [0.3, 0.4) is 0 Å². The second-order valence-corrected chi connectivity index (χ2v) is 8.71. The van der Waals surface area contributed by atoms with Gasteiger partial charge in [0.15, 0.2) is 6.61 Å². The Hall–Kier alpha value is -4.47. The number of carbonyl (C=O) groups is 4. The molecule has 0 saturated heterocycles. The molecule has 0 saturated carbocycles. The van der Waals surface area contributed by atoms with E-state index in [2.05, 4.69) is 10.5 Å². The van der Waals surface area contributed by atoms with Gasteiger partial charge in [-0.05, 0) is 50.6 Å². The number of anilines is 2. The molecule has 10 heteroatoms. The van der Waals surface area contributed by atoms with Gasteiger partial charge in [0.05, 0.1) is 29.1 Å². The van der Waals surface area contributed by atoms with Crippen LogP contribution >= 0.6 is 0 Å². The van der Waals surface area contributed by atoms with E-state index in [0.29, 0.717) is 46.1 Å². The zero-order valence-electron chi connectivity index (χ0n) is 19.9. The molecule has 1 N–H and O–H groups in total. The lowest BCUT2D eigenvalue weighted by atomic mass is 10.1. The van der Waals surface area contributed by atoms with Crippen molar-refractivity contribution in [3.8, 4) is 5.75 Å². The van der Waals surface area contributed by atoms with Crippen LogP contribution in [0.5, 0.6) is 5.75 Å². The molecule has 4 amide bonds. The van der Waals surface area contributed by atoms with E-state index >= 15 is 0 Å². The van der Waals surface area contributed by atoms with Crippen molar-refractivity contribution in [3.63, 3.8) is 0 Å². The summed E-state index contributed by atoms with van der Waals surface area (Å²) in [7, 11) is 0. The molecule has 1 aromatic heterocycles. The molecule has 0 spiro atoms. The average Bonchev–Trinajstić information content (AvgIpc) is 3.31. The monoisotopic (exact) mass is 488 g/mol. The highest BCUT2D eigenvalue weighted by atomic mass is 16.5. The first-order chi connectivity index (χ1) is 17.3. The Morgan fingerprint density at radius 2 is 1.75 bits per heavy atom. The molecule has 2 aliphatic heterocycles. The van der Waals surface area contributed by atoms with Gasteiger partial charge in [0.1, 0.15) is 11.5 Å². The van der Waals surface area contributed by atoms with E-state index in [1.807, 2.05) is 6.92 Å². The SMILES string of the molecule is Cc1noc(C)c1CN1C(=O)COc2ccc(NC(=O)CCCN3C(=O)c4ccccc4C3=O)cc21. The fraction of sp³-hybridized carbons (Fsp3) is 0.269. The van der Waals surface area contributed by atoms with Crippen molar-refractivity contribution in [2.24, 2.45) is 0 Å². The zero-order valence-corrected chi connectivity index (χ0v) is 19.9. The third-order valence-corrected chi connectivity index (χ3v) is 6.35. The van der Waals surface area contributed by atoms with Gasteiger partial charge in [0.25, 0.3) is 17.7 Å². The number of ether oxygens (including phenoxy) is 1. The number of aromatic nitrogens is 1. The highest BCUT2D eigenvalue weighted by molar-refractivity contribution is 6.21. The van der Waals surface area contributed by atoms with E-state index in [0.717, 1.165) is 5.56 Å². The number of imide groups is 1. The van der Waals surface area contributed by atoms with Crippen LogP contribution in [0.2, 0.25) is 0 Å². The van der Waals surface area contributed by atoms with E-state index < -0.39 is 0 Å². The molecule has 2 aromatic carbocycles. The highest BCUT2D eigenvalue weighted by Crippen LogP contribution is 2.36. The van der Waals surface area contributed by atoms with Crippen LogP contribution in [0, 0.1) is 13.8 Å². The summed E-state index contributed by atoms with van der Waals surface area (Å²) in [5.41, 5.74) is 3.34. The Morgan fingerprint density at radius 3 is 2.42 bits per heavy atom. The molecule has 184 valence electrons. The van der Waals surface area contributed by atoms with Gasteiger partial charge in [0.2, 0.25) is 5.91 Å². The van der Waals surface area contributed by atoms with Crippen molar-refractivity contribution in [2.45, 2.75) is 33.2 Å². The largest absolute Gasteiger partial charge is 0.482 e. The summed E-state index contributed by atoms with van der Waals surface area (Å²) in [6.45, 7) is 3.95. The molecule has 0 unspecified atom stereocenters. The number of nitrogens with one attached hydrogen (secondary N) is 1. The first-order valence-electron chi connectivity index (χ1n) is 11.6. The summed E-state index contributed by atoms with van der Waals surface area (Å²) in [6.07, 6.45) is 0.435. The van der Waals surface area contributed by atoms with Gasteiger partial charge in [-0.1, -0.05) is 17.3 Å². The fourth-order valence-corrected chi connectivity index (χ4v) is 4.40. The Balaban J connectivity index is 1.23. The molecule has 3 aromatic rings. The third kappa shape index (κ3) is 4.21. The maximum Gasteiger partial charge on any atom is 0.265 e. The molecular formula is C26H24N4O6. The van der Waals surface area contributed by atoms with Crippen molar-refractivity contribution >= 4 is 35.0 Å². The number of amides is 4. The van der Waals surface area contributed by atoms with Gasteiger partial charge in [0, 0.05) is 24.2 Å². The minimum absolute atomic E-state index is 0.0834. The lowest BCUT2D eigenvalue weighted by Crippen LogP contribution is -2.38. The van der Waals surface area contributed by atoms with E-state index in [9.17, 15) is 19.2 Å². The zero-order chi connectivity index (χ0) is 25.4. The van der Waals surface area contributed by atoms with Crippen molar-refractivity contribution in [3.05, 3.63) is 70.6 Å². The number of carbonyl (C=O) groups excluding carboxylic acids is 4. The standard InChI is InChI=1S/C26H24N4O6/c1-15-20(16(2)36-28-15)13-30-21-12-17(9-10-22(21)35-14-24(30)32)27-23(31)8-5-11-29-25(33)18-6-3-4-7-19(18)26(29)34/h3-4,6-7,9-10,12H,5,8,11,13-14H2,1-2H3,(H,27,31). The van der Waals surface area contributed by atoms with E-state index in [4.69, 9.17) is 9.26 Å². The number of nitrogens with zero attached hydrogens (tertiary/aromatic N) is 3. The van der Waals surface area contributed by atoms with Gasteiger partial charge >= 0.3 is 0 Å². The predicted octanol–water partition coefficient (Wildman–Crippen LogP) is 3.23. The van der Waals surface area contributed by atoms with Crippen LogP contribution in [0.4, 0.5) is 11.4 Å². The van der Waals surface area contributed by atoms with Crippen molar-refractivity contribution < 1.29 is 28.4 Å². The lowest BCUT2D eigenvalue weighted by molar-refractivity contribution is -0.121. The lowest BCUT2D eigenvalue weighted by Gasteiger charge is -2.29. The van der Waals surface area contributed by atoms with Gasteiger partial charge < -0.3 is 19.5 Å². The number of aryl methyl sites for hydroxylation is 2. The predicted molar refractivity (Wildman–Crippen MR) is 129 cm³/mol. The normalized spacial score (nSPS) is 14.6. The Bertz CT molecular complexity index is 1340. The molecule has 3 heterocycles. The van der Waals surface area contributed by atoms with E-state index in [1.165, 1.54) is 4.90 Å². The molecule has 5 rings (SSSR count). The Labute approximate surface area is 206 Å². The summed E-state index contributed by atoms with van der Waals surface area (Å²) in [5, 5.41) is 6.77. The molecule has 36 heavy (non-hydrogen) atoms. The number of fused-ring (bicyclic) bond motifs is 2. The second kappa shape index (κ2) is 9.29. The van der Waals surface area contributed by atoms with Crippen LogP contribution in [0.25, 0.3) is 0 Å². The fourth-order valence-electron chi connectivity index (χ4n) is 4.40. The van der Waals surface area contributed by atoms with E-state index in [-0.39, 0.29) is 49.7 Å². The number of benzene rings is 2. The van der Waals surface area contributed by atoms with Crippen LogP contribution in [0.15, 0.2) is 47.0 Å². The molecule has 0 fully saturated rings. The van der Waals surface area contributed by atoms with Crippen molar-refractivity contribution in [1.29, 1.82) is 0 Å². The van der Waals surface area contributed by atoms with Crippen molar-refractivity contribution in [1.82, 2.24) is 10.1 Å². The first-order valence-corrected chi connectivity index (χ1v) is 11.6. The Morgan fingerprint density at radius 1 is 1.03 bits per heavy atom. The van der Waals surface area contributed by atoms with Crippen molar-refractivity contribution in [2.75, 3.05) is 23.4 Å². The van der Waals surface area contributed by atoms with Crippen LogP contribution < -0.4 is 15.0 Å². The summed E-state index contributed by atoms with van der Waals surface area (Å²) >= 11 is 0.